The molecular weight excluding hydrogens is 422 g/mol. The Hall–Kier alpha value is -3.88. The van der Waals surface area contributed by atoms with Crippen molar-refractivity contribution < 1.29 is 18.8 Å². The average molecular weight is 447 g/mol. The lowest BCUT2D eigenvalue weighted by Crippen LogP contribution is -2.48. The first kappa shape index (κ1) is 21.0. The summed E-state index contributed by atoms with van der Waals surface area (Å²) < 4.78 is 16.0. The normalized spacial score (nSPS) is 15.6. The van der Waals surface area contributed by atoms with Gasteiger partial charge in [-0.3, -0.25) is 4.79 Å². The van der Waals surface area contributed by atoms with E-state index in [0.717, 1.165) is 35.8 Å². The van der Waals surface area contributed by atoms with E-state index in [1.807, 2.05) is 49.1 Å². The maximum Gasteiger partial charge on any atom is 0.246 e. The van der Waals surface area contributed by atoms with Gasteiger partial charge < -0.3 is 23.8 Å². The summed E-state index contributed by atoms with van der Waals surface area (Å²) in [6.07, 6.45) is 5.17. The third kappa shape index (κ3) is 4.52. The van der Waals surface area contributed by atoms with Crippen molar-refractivity contribution in [2.75, 3.05) is 37.9 Å². The van der Waals surface area contributed by atoms with Gasteiger partial charge in [-0.25, -0.2) is 4.98 Å². The van der Waals surface area contributed by atoms with E-state index in [9.17, 15) is 4.79 Å². The van der Waals surface area contributed by atoms with Gasteiger partial charge in [0.2, 0.25) is 24.4 Å². The maximum absolute atomic E-state index is 12.6. The molecule has 0 N–H and O–H groups in total. The Bertz CT molecular complexity index is 1160. The Balaban J connectivity index is 1.16. The van der Waals surface area contributed by atoms with Crippen LogP contribution in [0, 0.1) is 0 Å². The molecule has 0 radical (unpaired) electrons. The molecule has 1 amide bonds. The predicted molar refractivity (Wildman–Crippen MR) is 122 cm³/mol. The monoisotopic (exact) mass is 447 g/mol. The number of piperazine rings is 1. The summed E-state index contributed by atoms with van der Waals surface area (Å²) >= 11 is 0. The lowest BCUT2D eigenvalue weighted by Gasteiger charge is -2.35. The number of hydrogen-bond donors (Lipinski definition) is 0. The van der Waals surface area contributed by atoms with Crippen molar-refractivity contribution in [3.63, 3.8) is 0 Å². The minimum Gasteiger partial charge on any atom is -0.454 e. The summed E-state index contributed by atoms with van der Waals surface area (Å²) in [5.41, 5.74) is 1.72. The van der Waals surface area contributed by atoms with Crippen LogP contribution in [0.1, 0.15) is 31.2 Å². The zero-order chi connectivity index (χ0) is 22.8. The smallest absolute Gasteiger partial charge is 0.246 e. The van der Waals surface area contributed by atoms with Gasteiger partial charge in [0.25, 0.3) is 0 Å². The van der Waals surface area contributed by atoms with Crippen LogP contribution >= 0.6 is 0 Å². The Morgan fingerprint density at radius 2 is 1.88 bits per heavy atom. The molecule has 9 nitrogen and oxygen atoms in total. The minimum atomic E-state index is -0.00585. The van der Waals surface area contributed by atoms with E-state index in [1.54, 1.807) is 18.3 Å². The third-order valence-corrected chi connectivity index (χ3v) is 5.67. The number of carbonyl (C=O) groups is 1. The van der Waals surface area contributed by atoms with Gasteiger partial charge in [0, 0.05) is 49.9 Å². The highest BCUT2D eigenvalue weighted by Gasteiger charge is 2.21. The second-order valence-corrected chi connectivity index (χ2v) is 8.27. The lowest BCUT2D eigenvalue weighted by molar-refractivity contribution is -0.126. The van der Waals surface area contributed by atoms with Crippen molar-refractivity contribution in [3.05, 3.63) is 54.1 Å². The molecule has 2 aliphatic rings. The van der Waals surface area contributed by atoms with Crippen molar-refractivity contribution in [2.45, 2.75) is 19.8 Å². The quantitative estimate of drug-likeness (QED) is 0.550. The number of aromatic nitrogens is 3. The number of rotatable bonds is 5. The number of benzene rings is 1. The number of hydrogen-bond acceptors (Lipinski definition) is 8. The number of carbonyl (C=O) groups excluding carboxylic acids is 1. The van der Waals surface area contributed by atoms with E-state index in [2.05, 4.69) is 20.0 Å². The molecule has 2 aromatic heterocycles. The van der Waals surface area contributed by atoms with Crippen LogP contribution in [-0.2, 0) is 4.79 Å². The molecule has 0 aliphatic carbocycles. The van der Waals surface area contributed by atoms with E-state index in [-0.39, 0.29) is 18.6 Å². The standard InChI is InChI=1S/C24H25N5O4/c1-16(2)24-26-23(27-33-24)18-5-7-21(25-14-18)28-9-11-29(12-10-28)22(30)8-4-17-3-6-19-20(13-17)32-15-31-19/h3-8,13-14,16H,9-12,15H2,1-2H3. The molecular formula is C24H25N5O4. The van der Waals surface area contributed by atoms with Gasteiger partial charge in [-0.1, -0.05) is 25.1 Å². The lowest BCUT2D eigenvalue weighted by atomic mass is 10.2. The second-order valence-electron chi connectivity index (χ2n) is 8.27. The fourth-order valence-electron chi connectivity index (χ4n) is 3.74. The van der Waals surface area contributed by atoms with Crippen molar-refractivity contribution in [3.8, 4) is 22.9 Å². The van der Waals surface area contributed by atoms with Crippen LogP contribution in [-0.4, -0.2) is 58.9 Å². The molecule has 0 spiro atoms. The molecule has 170 valence electrons. The molecule has 0 unspecified atom stereocenters. The number of nitrogens with zero attached hydrogens (tertiary/aromatic N) is 5. The zero-order valence-electron chi connectivity index (χ0n) is 18.6. The molecule has 0 saturated carbocycles. The van der Waals surface area contributed by atoms with Gasteiger partial charge in [0.05, 0.1) is 0 Å². The van der Waals surface area contributed by atoms with Crippen molar-refractivity contribution in [2.24, 2.45) is 0 Å². The van der Waals surface area contributed by atoms with Gasteiger partial charge in [-0.2, -0.15) is 4.98 Å². The van der Waals surface area contributed by atoms with Gasteiger partial charge in [-0.15, -0.1) is 0 Å². The third-order valence-electron chi connectivity index (χ3n) is 5.67. The van der Waals surface area contributed by atoms with Crippen LogP contribution in [0.4, 0.5) is 5.82 Å². The van der Waals surface area contributed by atoms with Crippen LogP contribution < -0.4 is 14.4 Å². The van der Waals surface area contributed by atoms with Crippen LogP contribution in [0.2, 0.25) is 0 Å². The van der Waals surface area contributed by atoms with E-state index < -0.39 is 0 Å². The fraction of sp³-hybridized carbons (Fsp3) is 0.333. The first-order valence-corrected chi connectivity index (χ1v) is 11.0. The van der Waals surface area contributed by atoms with Crippen LogP contribution in [0.3, 0.4) is 0 Å². The number of ether oxygens (including phenoxy) is 2. The van der Waals surface area contributed by atoms with Crippen LogP contribution in [0.25, 0.3) is 17.5 Å². The number of pyridine rings is 1. The minimum absolute atomic E-state index is 0.00585. The van der Waals surface area contributed by atoms with Crippen LogP contribution in [0.5, 0.6) is 11.5 Å². The molecule has 0 atom stereocenters. The molecule has 33 heavy (non-hydrogen) atoms. The van der Waals surface area contributed by atoms with Gasteiger partial charge in [0.15, 0.2) is 11.5 Å². The summed E-state index contributed by atoms with van der Waals surface area (Å²) in [4.78, 5) is 25.6. The van der Waals surface area contributed by atoms with Gasteiger partial charge in [-0.05, 0) is 35.9 Å². The molecule has 1 aromatic carbocycles. The predicted octanol–water partition coefficient (Wildman–Crippen LogP) is 3.35. The molecule has 2 aliphatic heterocycles. The first-order valence-electron chi connectivity index (χ1n) is 11.0. The van der Waals surface area contributed by atoms with Gasteiger partial charge in [0.1, 0.15) is 5.82 Å². The van der Waals surface area contributed by atoms with E-state index in [1.165, 1.54) is 0 Å². The summed E-state index contributed by atoms with van der Waals surface area (Å²) in [7, 11) is 0. The van der Waals surface area contributed by atoms with Crippen molar-refractivity contribution >= 4 is 17.8 Å². The Kier molecular flexibility index (Phi) is 5.68. The topological polar surface area (TPSA) is 93.8 Å². The Morgan fingerprint density at radius 3 is 2.61 bits per heavy atom. The summed E-state index contributed by atoms with van der Waals surface area (Å²) in [5, 5.41) is 4.03. The van der Waals surface area contributed by atoms with E-state index in [0.29, 0.717) is 30.6 Å². The molecule has 3 aromatic rings. The van der Waals surface area contributed by atoms with Crippen molar-refractivity contribution in [1.29, 1.82) is 0 Å². The number of fused-ring (bicyclic) bond motifs is 1. The zero-order valence-corrected chi connectivity index (χ0v) is 18.6. The highest BCUT2D eigenvalue weighted by Crippen LogP contribution is 2.32. The number of anilines is 1. The van der Waals surface area contributed by atoms with Crippen LogP contribution in [0.15, 0.2) is 47.1 Å². The molecule has 1 saturated heterocycles. The SMILES string of the molecule is CC(C)c1nc(-c2ccc(N3CCN(C(=O)C=Cc4ccc5c(c4)OCO5)CC3)nc2)no1. The van der Waals surface area contributed by atoms with E-state index in [4.69, 9.17) is 14.0 Å². The molecule has 0 bridgehead atoms. The Labute approximate surface area is 191 Å². The summed E-state index contributed by atoms with van der Waals surface area (Å²) in [5.74, 6) is 3.64. The maximum atomic E-state index is 12.6. The highest BCUT2D eigenvalue weighted by atomic mass is 16.7. The molecule has 1 fully saturated rings. The van der Waals surface area contributed by atoms with Gasteiger partial charge >= 0.3 is 0 Å². The largest absolute Gasteiger partial charge is 0.454 e. The van der Waals surface area contributed by atoms with E-state index >= 15 is 0 Å². The molecule has 5 rings (SSSR count). The molecule has 9 heteroatoms. The van der Waals surface area contributed by atoms with Crippen molar-refractivity contribution in [1.82, 2.24) is 20.0 Å². The highest BCUT2D eigenvalue weighted by molar-refractivity contribution is 5.92. The Morgan fingerprint density at radius 1 is 1.06 bits per heavy atom. The second kappa shape index (κ2) is 8.93. The average Bonchev–Trinajstić information content (AvgIpc) is 3.52. The number of amides is 1. The molecule has 4 heterocycles. The fourth-order valence-corrected chi connectivity index (χ4v) is 3.74. The summed E-state index contributed by atoms with van der Waals surface area (Å²) in [6, 6.07) is 9.53. The first-order chi connectivity index (χ1) is 16.1. The summed E-state index contributed by atoms with van der Waals surface area (Å²) in [6.45, 7) is 6.96.